The Morgan fingerprint density at radius 3 is 0.933 bits per heavy atom. The summed E-state index contributed by atoms with van der Waals surface area (Å²) in [6.45, 7) is 0. The van der Waals surface area contributed by atoms with E-state index in [1.54, 1.807) is 0 Å². The van der Waals surface area contributed by atoms with E-state index in [1.807, 2.05) is 60.7 Å². The summed E-state index contributed by atoms with van der Waals surface area (Å²) in [5, 5.41) is 0. The van der Waals surface area contributed by atoms with Crippen LogP contribution in [0.1, 0.15) is 0 Å². The zero-order chi connectivity index (χ0) is 11.2. The van der Waals surface area contributed by atoms with E-state index in [0.717, 1.165) is 0 Å². The normalized spacial score (nSPS) is 7.07. The topological polar surface area (TPSA) is 0 Å². The summed E-state index contributed by atoms with van der Waals surface area (Å²) >= 11 is -0.826. The first-order valence-electron chi connectivity index (χ1n) is 4.20. The molecule has 15 heavy (non-hydrogen) atoms. The summed E-state index contributed by atoms with van der Waals surface area (Å²) in [7, 11) is 9.87. The van der Waals surface area contributed by atoms with Crippen LogP contribution in [0.3, 0.4) is 0 Å². The molecular formula is C12H10Cl2Zr. The fourth-order valence-corrected chi connectivity index (χ4v) is 0.684. The van der Waals surface area contributed by atoms with Crippen LogP contribution in [-0.2, 0) is 20.8 Å². The van der Waals surface area contributed by atoms with E-state index in [9.17, 15) is 0 Å². The summed E-state index contributed by atoms with van der Waals surface area (Å²) in [5.74, 6) is 0. The Morgan fingerprint density at radius 2 is 0.867 bits per heavy atom. The van der Waals surface area contributed by atoms with Gasteiger partial charge < -0.3 is 0 Å². The molecule has 76 valence electrons. The number of benzene rings is 2. The average molecular weight is 316 g/mol. The number of hydrogen-bond donors (Lipinski definition) is 0. The fraction of sp³-hybridized carbons (Fsp3) is 0. The summed E-state index contributed by atoms with van der Waals surface area (Å²) in [4.78, 5) is 0. The maximum atomic E-state index is 4.93. The molecular weight excluding hydrogens is 306 g/mol. The first-order chi connectivity index (χ1) is 7.41. The van der Waals surface area contributed by atoms with Crippen molar-refractivity contribution in [2.75, 3.05) is 0 Å². The molecule has 0 unspecified atom stereocenters. The maximum absolute atomic E-state index is 4.93. The molecule has 0 nitrogen and oxygen atoms in total. The third-order valence-corrected chi connectivity index (χ3v) is 1.21. The van der Waals surface area contributed by atoms with Gasteiger partial charge in [-0.1, -0.05) is 0 Å². The monoisotopic (exact) mass is 314 g/mol. The van der Waals surface area contributed by atoms with Gasteiger partial charge in [0.25, 0.3) is 0 Å². The minimum Gasteiger partial charge on any atom is -0.184 e. The molecule has 0 aliphatic rings. The molecule has 2 rings (SSSR count). The quantitative estimate of drug-likeness (QED) is 0.634. The van der Waals surface area contributed by atoms with Gasteiger partial charge in [-0.3, -0.25) is 0 Å². The van der Waals surface area contributed by atoms with Crippen molar-refractivity contribution in [3.63, 3.8) is 0 Å². The van der Waals surface area contributed by atoms with Crippen LogP contribution in [0.5, 0.6) is 0 Å². The van der Waals surface area contributed by atoms with E-state index < -0.39 is 20.8 Å². The molecule has 0 bridgehead atoms. The van der Waals surface area contributed by atoms with E-state index in [2.05, 4.69) is 12.1 Å². The van der Waals surface area contributed by atoms with Gasteiger partial charge in [0, 0.05) is 0 Å². The first-order valence-corrected chi connectivity index (χ1v) is 10.5. The summed E-state index contributed by atoms with van der Waals surface area (Å²) < 4.78 is 0. The van der Waals surface area contributed by atoms with Crippen molar-refractivity contribution in [2.24, 2.45) is 0 Å². The second kappa shape index (κ2) is 13.9. The molecule has 3 heteroatoms. The van der Waals surface area contributed by atoms with Gasteiger partial charge in [0.15, 0.2) is 0 Å². The van der Waals surface area contributed by atoms with Crippen LogP contribution >= 0.6 is 17.0 Å². The van der Waals surface area contributed by atoms with Gasteiger partial charge >= 0.3 is 37.9 Å². The van der Waals surface area contributed by atoms with Crippen molar-refractivity contribution in [1.82, 2.24) is 0 Å². The molecule has 2 aromatic rings. The van der Waals surface area contributed by atoms with E-state index in [0.29, 0.717) is 0 Å². The molecule has 0 saturated carbocycles. The van der Waals surface area contributed by atoms with Crippen molar-refractivity contribution in [2.45, 2.75) is 0 Å². The van der Waals surface area contributed by atoms with E-state index >= 15 is 0 Å². The van der Waals surface area contributed by atoms with E-state index in [4.69, 9.17) is 17.0 Å². The van der Waals surface area contributed by atoms with Gasteiger partial charge in [-0.05, 0) is 0 Å². The largest absolute Gasteiger partial charge is 0.184 e. The van der Waals surface area contributed by atoms with Crippen LogP contribution in [0.4, 0.5) is 0 Å². The smallest absolute Gasteiger partial charge is 0.171 e. The zero-order valence-electron chi connectivity index (χ0n) is 8.03. The molecule has 0 heterocycles. The number of rotatable bonds is 0. The molecule has 0 atom stereocenters. The Hall–Kier alpha value is -0.0969. The van der Waals surface area contributed by atoms with Crippen LogP contribution in [0.2, 0.25) is 0 Å². The molecule has 2 aromatic carbocycles. The van der Waals surface area contributed by atoms with Crippen molar-refractivity contribution in [3.8, 4) is 0 Å². The predicted octanol–water partition coefficient (Wildman–Crippen LogP) is 4.35. The van der Waals surface area contributed by atoms with Gasteiger partial charge in [0.1, 0.15) is 0 Å². The van der Waals surface area contributed by atoms with Gasteiger partial charge in [0.05, 0.1) is 0 Å². The Kier molecular flexibility index (Phi) is 13.8. The van der Waals surface area contributed by atoms with Gasteiger partial charge in [-0.25, -0.2) is 0 Å². The molecule has 0 saturated heterocycles. The SMILES string of the molecule is [Cl][Zr+2][Cl].[c-]1ccccc1.[c-]1ccccc1. The number of hydrogen-bond acceptors (Lipinski definition) is 0. The molecule has 0 amide bonds. The van der Waals surface area contributed by atoms with Crippen LogP contribution in [0, 0.1) is 12.1 Å². The van der Waals surface area contributed by atoms with Gasteiger partial charge in [-0.2, -0.15) is 72.8 Å². The number of halogens is 2. The van der Waals surface area contributed by atoms with E-state index in [1.165, 1.54) is 0 Å². The third-order valence-electron chi connectivity index (χ3n) is 1.21. The van der Waals surface area contributed by atoms with Crippen molar-refractivity contribution >= 4 is 17.0 Å². The maximum Gasteiger partial charge on any atom is -0.171 e. The van der Waals surface area contributed by atoms with Gasteiger partial charge in [0.2, 0.25) is 0 Å². The Bertz CT molecular complexity index is 202. The van der Waals surface area contributed by atoms with Crippen molar-refractivity contribution in [1.29, 1.82) is 0 Å². The van der Waals surface area contributed by atoms with E-state index in [-0.39, 0.29) is 0 Å². The molecule has 0 spiro atoms. The molecule has 0 aliphatic heterocycles. The molecule has 0 aromatic heterocycles. The minimum absolute atomic E-state index is 0.826. The predicted molar refractivity (Wildman–Crippen MR) is 62.3 cm³/mol. The average Bonchev–Trinajstić information content (AvgIpc) is 2.35. The Morgan fingerprint density at radius 1 is 0.600 bits per heavy atom. The Labute approximate surface area is 110 Å². The van der Waals surface area contributed by atoms with Crippen molar-refractivity contribution in [3.05, 3.63) is 72.8 Å². The molecule has 0 radical (unpaired) electrons. The first kappa shape index (κ1) is 14.9. The summed E-state index contributed by atoms with van der Waals surface area (Å²) in [6, 6.07) is 25.0. The van der Waals surface area contributed by atoms with Crippen LogP contribution in [-0.4, -0.2) is 0 Å². The summed E-state index contributed by atoms with van der Waals surface area (Å²) in [6.07, 6.45) is 0. The zero-order valence-corrected chi connectivity index (χ0v) is 12.0. The summed E-state index contributed by atoms with van der Waals surface area (Å²) in [5.41, 5.74) is 0. The molecule has 0 aliphatic carbocycles. The van der Waals surface area contributed by atoms with Crippen LogP contribution < -0.4 is 0 Å². The standard InChI is InChI=1S/2C6H5.2ClH.Zr/c2*1-2-4-6-5-3-1;;;/h2*1-5H;2*1H;/q2*-1;;;+4/p-2. The van der Waals surface area contributed by atoms with Crippen LogP contribution in [0.15, 0.2) is 60.7 Å². The second-order valence-electron chi connectivity index (χ2n) is 2.23. The third kappa shape index (κ3) is 13.9. The van der Waals surface area contributed by atoms with Crippen molar-refractivity contribution < 1.29 is 20.8 Å². The molecule has 0 N–H and O–H groups in total. The molecule has 0 fully saturated rings. The fourth-order valence-electron chi connectivity index (χ4n) is 0.684. The van der Waals surface area contributed by atoms with Gasteiger partial charge in [-0.15, -0.1) is 0 Å². The minimum atomic E-state index is -0.826. The second-order valence-corrected chi connectivity index (χ2v) is 5.96. The Balaban J connectivity index is 0.000000210. The van der Waals surface area contributed by atoms with Crippen LogP contribution in [0.25, 0.3) is 0 Å².